The molecule has 0 saturated heterocycles. The fraction of sp³-hybridized carbons (Fsp3) is 0.357. The lowest BCUT2D eigenvalue weighted by molar-refractivity contribution is 0.0616. The summed E-state index contributed by atoms with van der Waals surface area (Å²) in [6.45, 7) is 9.99. The molecule has 1 aromatic carbocycles. The van der Waals surface area contributed by atoms with Gasteiger partial charge < -0.3 is 10.0 Å². The van der Waals surface area contributed by atoms with Crippen LogP contribution in [0.2, 0.25) is 5.02 Å². The molecule has 0 aliphatic heterocycles. The Hall–Kier alpha value is -1.48. The zero-order valence-electron chi connectivity index (χ0n) is 10.9. The molecule has 1 N–H and O–H groups in total. The van der Waals surface area contributed by atoms with Gasteiger partial charge in [-0.1, -0.05) is 17.7 Å². The molecule has 98 valence electrons. The lowest BCUT2D eigenvalue weighted by atomic mass is 10.0. The molecule has 0 aromatic heterocycles. The summed E-state index contributed by atoms with van der Waals surface area (Å²) < 4.78 is 0. The number of phenols is 1. The number of carbonyl (C=O) groups is 1. The van der Waals surface area contributed by atoms with Crippen LogP contribution >= 0.6 is 11.6 Å². The van der Waals surface area contributed by atoms with E-state index in [-0.39, 0.29) is 22.2 Å². The molecule has 18 heavy (non-hydrogen) atoms. The van der Waals surface area contributed by atoms with Crippen molar-refractivity contribution in [1.82, 2.24) is 4.90 Å². The van der Waals surface area contributed by atoms with Gasteiger partial charge in [-0.2, -0.15) is 0 Å². The number of nitrogens with zero attached hydrogens (tertiary/aromatic N) is 1. The van der Waals surface area contributed by atoms with Gasteiger partial charge in [0.25, 0.3) is 5.91 Å². The Kier molecular flexibility index (Phi) is 4.41. The van der Waals surface area contributed by atoms with Crippen molar-refractivity contribution in [2.24, 2.45) is 0 Å². The Labute approximate surface area is 113 Å². The Morgan fingerprint density at radius 2 is 2.11 bits per heavy atom. The number of amides is 1. The Morgan fingerprint density at radius 1 is 1.50 bits per heavy atom. The third-order valence-electron chi connectivity index (χ3n) is 2.56. The normalized spacial score (nSPS) is 11.1. The maximum atomic E-state index is 12.4. The fourth-order valence-corrected chi connectivity index (χ4v) is 1.77. The van der Waals surface area contributed by atoms with Crippen molar-refractivity contribution in [2.45, 2.75) is 26.3 Å². The molecule has 1 rings (SSSR count). The first-order chi connectivity index (χ1) is 8.27. The predicted octanol–water partition coefficient (Wildman–Crippen LogP) is 3.47. The zero-order chi connectivity index (χ0) is 13.9. The van der Waals surface area contributed by atoms with E-state index in [1.54, 1.807) is 17.0 Å². The van der Waals surface area contributed by atoms with E-state index in [2.05, 4.69) is 6.58 Å². The largest absolute Gasteiger partial charge is 0.506 e. The molecule has 0 heterocycles. The lowest BCUT2D eigenvalue weighted by Gasteiger charge is -2.35. The van der Waals surface area contributed by atoms with Gasteiger partial charge in [-0.25, -0.2) is 0 Å². The summed E-state index contributed by atoms with van der Waals surface area (Å²) in [6.07, 6.45) is 1.69. The number of rotatable bonds is 3. The minimum absolute atomic E-state index is 0.0285. The van der Waals surface area contributed by atoms with Crippen molar-refractivity contribution in [3.8, 4) is 5.75 Å². The van der Waals surface area contributed by atoms with Crippen molar-refractivity contribution in [2.75, 3.05) is 6.54 Å². The minimum atomic E-state index is -0.310. The minimum Gasteiger partial charge on any atom is -0.506 e. The van der Waals surface area contributed by atoms with Crippen LogP contribution in [0.1, 0.15) is 31.1 Å². The van der Waals surface area contributed by atoms with Gasteiger partial charge in [-0.15, -0.1) is 6.58 Å². The van der Waals surface area contributed by atoms with E-state index < -0.39 is 0 Å². The molecule has 3 nitrogen and oxygen atoms in total. The molecule has 0 aliphatic rings. The van der Waals surface area contributed by atoms with Crippen LogP contribution in [-0.2, 0) is 0 Å². The first kappa shape index (κ1) is 14.6. The fourth-order valence-electron chi connectivity index (χ4n) is 1.59. The van der Waals surface area contributed by atoms with Crippen molar-refractivity contribution in [1.29, 1.82) is 0 Å². The highest BCUT2D eigenvalue weighted by molar-refractivity contribution is 6.32. The van der Waals surface area contributed by atoms with E-state index in [1.165, 1.54) is 12.1 Å². The molecule has 1 amide bonds. The average Bonchev–Trinajstić information content (AvgIpc) is 2.27. The molecule has 4 heteroatoms. The summed E-state index contributed by atoms with van der Waals surface area (Å²) in [5.41, 5.74) is 0.143. The van der Waals surface area contributed by atoms with Gasteiger partial charge in [-0.3, -0.25) is 4.79 Å². The number of hydrogen-bond acceptors (Lipinski definition) is 2. The third-order valence-corrected chi connectivity index (χ3v) is 2.86. The number of phenolic OH excluding ortho intramolecular Hbond substituents is 1. The molecule has 1 aromatic rings. The molecular formula is C14H18ClNO2. The summed E-state index contributed by atoms with van der Waals surface area (Å²) in [5, 5.41) is 9.53. The van der Waals surface area contributed by atoms with Crippen LogP contribution in [0.4, 0.5) is 0 Å². The summed E-state index contributed by atoms with van der Waals surface area (Å²) in [5.74, 6) is -0.163. The van der Waals surface area contributed by atoms with Gasteiger partial charge in [0.05, 0.1) is 5.02 Å². The van der Waals surface area contributed by atoms with Crippen molar-refractivity contribution in [3.63, 3.8) is 0 Å². The first-order valence-electron chi connectivity index (χ1n) is 5.68. The molecule has 0 saturated carbocycles. The van der Waals surface area contributed by atoms with Crippen molar-refractivity contribution >= 4 is 17.5 Å². The van der Waals surface area contributed by atoms with E-state index in [4.69, 9.17) is 11.6 Å². The zero-order valence-corrected chi connectivity index (χ0v) is 11.7. The van der Waals surface area contributed by atoms with Crippen LogP contribution < -0.4 is 0 Å². The molecule has 0 radical (unpaired) electrons. The SMILES string of the molecule is C=CCN(C(=O)c1ccc(O)c(Cl)c1)C(C)(C)C. The smallest absolute Gasteiger partial charge is 0.254 e. The summed E-state index contributed by atoms with van der Waals surface area (Å²) >= 11 is 5.81. The maximum absolute atomic E-state index is 12.4. The standard InChI is InChI=1S/C14H18ClNO2/c1-5-8-16(14(2,3)4)13(18)10-6-7-12(17)11(15)9-10/h5-7,9,17H,1,8H2,2-4H3. The van der Waals surface area contributed by atoms with E-state index in [1.807, 2.05) is 20.8 Å². The highest BCUT2D eigenvalue weighted by Crippen LogP contribution is 2.25. The van der Waals surface area contributed by atoms with Gasteiger partial charge in [0.1, 0.15) is 5.75 Å². The summed E-state index contributed by atoms with van der Waals surface area (Å²) in [6, 6.07) is 4.46. The number of aromatic hydroxyl groups is 1. The van der Waals surface area contributed by atoms with Crippen LogP contribution in [0.5, 0.6) is 5.75 Å². The Bertz CT molecular complexity index is 463. The van der Waals surface area contributed by atoms with Gasteiger partial charge >= 0.3 is 0 Å². The van der Waals surface area contributed by atoms with Crippen LogP contribution in [0, 0.1) is 0 Å². The summed E-state index contributed by atoms with van der Waals surface area (Å²) in [7, 11) is 0. The first-order valence-corrected chi connectivity index (χ1v) is 6.06. The number of benzene rings is 1. The van der Waals surface area contributed by atoms with E-state index in [9.17, 15) is 9.90 Å². The maximum Gasteiger partial charge on any atom is 0.254 e. The second kappa shape index (κ2) is 5.44. The quantitative estimate of drug-likeness (QED) is 0.852. The van der Waals surface area contributed by atoms with E-state index >= 15 is 0 Å². The Balaban J connectivity index is 3.09. The molecule has 0 atom stereocenters. The van der Waals surface area contributed by atoms with Gasteiger partial charge in [-0.05, 0) is 39.0 Å². The summed E-state index contributed by atoms with van der Waals surface area (Å²) in [4.78, 5) is 14.1. The molecule has 0 aliphatic carbocycles. The molecule has 0 spiro atoms. The molecule has 0 bridgehead atoms. The van der Waals surface area contributed by atoms with Gasteiger partial charge in [0.2, 0.25) is 0 Å². The highest BCUT2D eigenvalue weighted by atomic mass is 35.5. The second-order valence-electron chi connectivity index (χ2n) is 5.04. The lowest BCUT2D eigenvalue weighted by Crippen LogP contribution is -2.45. The number of halogens is 1. The van der Waals surface area contributed by atoms with Crippen LogP contribution in [-0.4, -0.2) is 28.0 Å². The topological polar surface area (TPSA) is 40.5 Å². The Morgan fingerprint density at radius 3 is 2.56 bits per heavy atom. The van der Waals surface area contributed by atoms with Crippen molar-refractivity contribution < 1.29 is 9.90 Å². The average molecular weight is 268 g/mol. The van der Waals surface area contributed by atoms with Crippen LogP contribution in [0.25, 0.3) is 0 Å². The van der Waals surface area contributed by atoms with E-state index in [0.29, 0.717) is 12.1 Å². The monoisotopic (exact) mass is 267 g/mol. The van der Waals surface area contributed by atoms with Gasteiger partial charge in [0.15, 0.2) is 0 Å². The molecular weight excluding hydrogens is 250 g/mol. The molecule has 0 fully saturated rings. The van der Waals surface area contributed by atoms with E-state index in [0.717, 1.165) is 0 Å². The second-order valence-corrected chi connectivity index (χ2v) is 5.45. The predicted molar refractivity (Wildman–Crippen MR) is 74.1 cm³/mol. The van der Waals surface area contributed by atoms with Gasteiger partial charge in [0, 0.05) is 17.6 Å². The highest BCUT2D eigenvalue weighted by Gasteiger charge is 2.26. The van der Waals surface area contributed by atoms with Crippen LogP contribution in [0.3, 0.4) is 0 Å². The number of carbonyl (C=O) groups excluding carboxylic acids is 1. The third kappa shape index (κ3) is 3.26. The van der Waals surface area contributed by atoms with Crippen molar-refractivity contribution in [3.05, 3.63) is 41.4 Å². The number of hydrogen-bond donors (Lipinski definition) is 1. The van der Waals surface area contributed by atoms with Crippen LogP contribution in [0.15, 0.2) is 30.9 Å². The molecule has 0 unspecified atom stereocenters.